The van der Waals surface area contributed by atoms with Crippen LogP contribution in [-0.2, 0) is 26.2 Å². The highest BCUT2D eigenvalue weighted by Gasteiger charge is 2.28. The van der Waals surface area contributed by atoms with Gasteiger partial charge in [0.15, 0.2) is 0 Å². The third kappa shape index (κ3) is 9.02. The summed E-state index contributed by atoms with van der Waals surface area (Å²) in [5.74, 6) is -0.420. The third-order valence-electron chi connectivity index (χ3n) is 5.54. The molecule has 0 aliphatic rings. The lowest BCUT2D eigenvalue weighted by atomic mass is 10.1. The molecule has 2 aromatic carbocycles. The number of aryl methyl sites for hydroxylation is 2. The summed E-state index contributed by atoms with van der Waals surface area (Å²) in [5, 5.41) is 2.95. The van der Waals surface area contributed by atoms with Gasteiger partial charge in [-0.25, -0.2) is 8.42 Å². The number of benzene rings is 2. The summed E-state index contributed by atoms with van der Waals surface area (Å²) in [5.41, 5.74) is 3.12. The van der Waals surface area contributed by atoms with Gasteiger partial charge in [-0.2, -0.15) is 0 Å². The molecule has 8 heteroatoms. The quantitative estimate of drug-likeness (QED) is 0.529. The first-order valence-corrected chi connectivity index (χ1v) is 13.7. The summed E-state index contributed by atoms with van der Waals surface area (Å²) in [7, 11) is -3.51. The van der Waals surface area contributed by atoms with Gasteiger partial charge in [0.05, 0.1) is 11.9 Å². The maximum atomic E-state index is 13.3. The lowest BCUT2D eigenvalue weighted by molar-refractivity contribution is -0.141. The van der Waals surface area contributed by atoms with Crippen molar-refractivity contribution < 1.29 is 18.0 Å². The first-order valence-electron chi connectivity index (χ1n) is 11.9. The fourth-order valence-corrected chi connectivity index (χ4v) is 4.81. The summed E-state index contributed by atoms with van der Waals surface area (Å²) < 4.78 is 26.2. The fourth-order valence-electron chi connectivity index (χ4n) is 3.85. The Balaban J connectivity index is 2.19. The SMILES string of the molecule is Cc1cccc(CN(C(=O)CCCN(c2cccc(C)c2)S(C)(=O)=O)C(C)C(=O)NC(C)(C)C)c1. The number of anilines is 1. The number of carbonyl (C=O) groups is 2. The van der Waals surface area contributed by atoms with E-state index in [1.807, 2.05) is 77.1 Å². The minimum absolute atomic E-state index is 0.122. The minimum atomic E-state index is -3.51. The molecule has 35 heavy (non-hydrogen) atoms. The van der Waals surface area contributed by atoms with Gasteiger partial charge in [-0.15, -0.1) is 0 Å². The number of rotatable bonds is 10. The molecule has 192 valence electrons. The molecule has 0 saturated heterocycles. The largest absolute Gasteiger partial charge is 0.350 e. The Bertz CT molecular complexity index is 1140. The Morgan fingerprint density at radius 2 is 1.60 bits per heavy atom. The molecule has 2 aromatic rings. The van der Waals surface area contributed by atoms with Crippen molar-refractivity contribution >= 4 is 27.5 Å². The molecule has 0 fully saturated rings. The van der Waals surface area contributed by atoms with Crippen LogP contribution in [0.25, 0.3) is 0 Å². The second-order valence-corrected chi connectivity index (χ2v) is 12.1. The number of hydrogen-bond acceptors (Lipinski definition) is 4. The van der Waals surface area contributed by atoms with E-state index in [9.17, 15) is 18.0 Å². The van der Waals surface area contributed by atoms with Crippen LogP contribution >= 0.6 is 0 Å². The molecule has 2 amide bonds. The van der Waals surface area contributed by atoms with E-state index in [1.54, 1.807) is 17.9 Å². The molecule has 0 radical (unpaired) electrons. The molecule has 2 rings (SSSR count). The molecule has 0 aliphatic heterocycles. The minimum Gasteiger partial charge on any atom is -0.350 e. The van der Waals surface area contributed by atoms with Crippen LogP contribution in [-0.4, -0.2) is 49.5 Å². The zero-order chi connectivity index (χ0) is 26.4. The van der Waals surface area contributed by atoms with Gasteiger partial charge in [0.25, 0.3) is 0 Å². The fraction of sp³-hybridized carbons (Fsp3) is 0.481. The summed E-state index contributed by atoms with van der Waals surface area (Å²) >= 11 is 0. The molecule has 0 aromatic heterocycles. The molecule has 0 bridgehead atoms. The second kappa shape index (κ2) is 11.7. The van der Waals surface area contributed by atoms with Crippen LogP contribution < -0.4 is 9.62 Å². The van der Waals surface area contributed by atoms with Crippen LogP contribution in [0.4, 0.5) is 5.69 Å². The van der Waals surface area contributed by atoms with E-state index in [0.717, 1.165) is 16.7 Å². The number of amides is 2. The first-order chi connectivity index (χ1) is 16.2. The van der Waals surface area contributed by atoms with Crippen molar-refractivity contribution in [3.8, 4) is 0 Å². The van der Waals surface area contributed by atoms with Crippen LogP contribution in [0.2, 0.25) is 0 Å². The predicted molar refractivity (Wildman–Crippen MR) is 142 cm³/mol. The Morgan fingerprint density at radius 1 is 1.00 bits per heavy atom. The van der Waals surface area contributed by atoms with E-state index in [4.69, 9.17) is 0 Å². The molecular weight excluding hydrogens is 462 g/mol. The van der Waals surface area contributed by atoms with Gasteiger partial charge >= 0.3 is 0 Å². The van der Waals surface area contributed by atoms with E-state index >= 15 is 0 Å². The maximum absolute atomic E-state index is 13.3. The average Bonchev–Trinajstić information content (AvgIpc) is 2.72. The van der Waals surface area contributed by atoms with E-state index in [2.05, 4.69) is 5.32 Å². The number of carbonyl (C=O) groups excluding carboxylic acids is 2. The van der Waals surface area contributed by atoms with Crippen LogP contribution in [0.5, 0.6) is 0 Å². The summed E-state index contributed by atoms with van der Waals surface area (Å²) in [4.78, 5) is 27.8. The lowest BCUT2D eigenvalue weighted by Gasteiger charge is -2.32. The van der Waals surface area contributed by atoms with Crippen molar-refractivity contribution in [1.29, 1.82) is 0 Å². The van der Waals surface area contributed by atoms with Crippen molar-refractivity contribution in [2.24, 2.45) is 0 Å². The van der Waals surface area contributed by atoms with Crippen molar-refractivity contribution in [2.75, 3.05) is 17.1 Å². The lowest BCUT2D eigenvalue weighted by Crippen LogP contribution is -2.52. The van der Waals surface area contributed by atoms with Gasteiger partial charge in [-0.05, 0) is 71.2 Å². The summed E-state index contributed by atoms with van der Waals surface area (Å²) in [6, 6.07) is 14.4. The van der Waals surface area contributed by atoms with Crippen molar-refractivity contribution in [1.82, 2.24) is 10.2 Å². The number of nitrogens with zero attached hydrogens (tertiary/aromatic N) is 2. The molecule has 0 saturated carbocycles. The number of sulfonamides is 1. The van der Waals surface area contributed by atoms with Crippen LogP contribution in [0.15, 0.2) is 48.5 Å². The Morgan fingerprint density at radius 3 is 2.14 bits per heavy atom. The van der Waals surface area contributed by atoms with E-state index < -0.39 is 21.6 Å². The van der Waals surface area contributed by atoms with Crippen LogP contribution in [0, 0.1) is 13.8 Å². The van der Waals surface area contributed by atoms with Gasteiger partial charge in [0.1, 0.15) is 6.04 Å². The topological polar surface area (TPSA) is 86.8 Å². The smallest absolute Gasteiger partial charge is 0.242 e. The third-order valence-corrected chi connectivity index (χ3v) is 6.74. The molecule has 1 atom stereocenters. The van der Waals surface area contributed by atoms with Crippen molar-refractivity contribution in [3.05, 3.63) is 65.2 Å². The van der Waals surface area contributed by atoms with Gasteiger partial charge in [-0.1, -0.05) is 42.0 Å². The zero-order valence-electron chi connectivity index (χ0n) is 22.0. The Labute approximate surface area is 210 Å². The highest BCUT2D eigenvalue weighted by Crippen LogP contribution is 2.20. The van der Waals surface area contributed by atoms with Gasteiger partial charge in [0.2, 0.25) is 21.8 Å². The number of hydrogen-bond donors (Lipinski definition) is 1. The highest BCUT2D eigenvalue weighted by atomic mass is 32.2. The molecule has 1 N–H and O–H groups in total. The number of nitrogens with one attached hydrogen (secondary N) is 1. The molecule has 0 aliphatic carbocycles. The maximum Gasteiger partial charge on any atom is 0.242 e. The van der Waals surface area contributed by atoms with Crippen molar-refractivity contribution in [3.63, 3.8) is 0 Å². The van der Waals surface area contributed by atoms with Gasteiger partial charge in [0, 0.05) is 25.0 Å². The predicted octanol–water partition coefficient (Wildman–Crippen LogP) is 4.18. The van der Waals surface area contributed by atoms with Crippen LogP contribution in [0.1, 0.15) is 57.2 Å². The summed E-state index contributed by atoms with van der Waals surface area (Å²) in [6.45, 7) is 11.8. The molecular formula is C27H39N3O4S. The molecule has 0 heterocycles. The van der Waals surface area contributed by atoms with Gasteiger partial charge in [-0.3, -0.25) is 13.9 Å². The second-order valence-electron chi connectivity index (χ2n) is 10.2. The van der Waals surface area contributed by atoms with E-state index in [0.29, 0.717) is 18.7 Å². The average molecular weight is 502 g/mol. The molecule has 0 spiro atoms. The van der Waals surface area contributed by atoms with E-state index in [1.165, 1.54) is 10.6 Å². The molecule has 1 unspecified atom stereocenters. The normalized spacial score (nSPS) is 12.7. The first kappa shape index (κ1) is 28.4. The van der Waals surface area contributed by atoms with Crippen LogP contribution in [0.3, 0.4) is 0 Å². The molecule has 7 nitrogen and oxygen atoms in total. The Hall–Kier alpha value is -2.87. The summed E-state index contributed by atoms with van der Waals surface area (Å²) in [6.07, 6.45) is 1.62. The van der Waals surface area contributed by atoms with Gasteiger partial charge < -0.3 is 10.2 Å². The van der Waals surface area contributed by atoms with E-state index in [-0.39, 0.29) is 24.8 Å². The Kier molecular flexibility index (Phi) is 9.49. The standard InChI is InChI=1S/C27H39N3O4S/c1-20-11-8-13-23(17-20)19-29(22(3)26(32)28-27(4,5)6)25(31)15-10-16-30(35(7,33)34)24-14-9-12-21(2)18-24/h8-9,11-14,17-18,22H,10,15-16,19H2,1-7H3,(H,28,32). The monoisotopic (exact) mass is 501 g/mol. The zero-order valence-corrected chi connectivity index (χ0v) is 22.8. The van der Waals surface area contributed by atoms with Crippen molar-refractivity contribution in [2.45, 2.75) is 72.5 Å². The highest BCUT2D eigenvalue weighted by molar-refractivity contribution is 7.92.